The molecule has 1 aliphatic rings. The van der Waals surface area contributed by atoms with E-state index in [0.717, 1.165) is 18.4 Å². The van der Waals surface area contributed by atoms with Crippen molar-refractivity contribution in [1.82, 2.24) is 19.6 Å². The molecule has 1 atom stereocenters. The van der Waals surface area contributed by atoms with Crippen LogP contribution in [-0.4, -0.2) is 51.3 Å². The van der Waals surface area contributed by atoms with Crippen LogP contribution in [0.25, 0.3) is 10.9 Å². The summed E-state index contributed by atoms with van der Waals surface area (Å²) in [6.45, 7) is 1.34. The van der Waals surface area contributed by atoms with Gasteiger partial charge in [0.15, 0.2) is 0 Å². The van der Waals surface area contributed by atoms with E-state index in [-0.39, 0.29) is 24.6 Å². The van der Waals surface area contributed by atoms with Crippen LogP contribution in [0.15, 0.2) is 47.4 Å². The topological polar surface area (TPSA) is 135 Å². The van der Waals surface area contributed by atoms with Crippen molar-refractivity contribution in [3.05, 3.63) is 69.6 Å². The molecule has 0 aliphatic heterocycles. The Bertz CT molecular complexity index is 1390. The Morgan fingerprint density at radius 3 is 2.69 bits per heavy atom. The average molecular weight is 510 g/mol. The van der Waals surface area contributed by atoms with E-state index in [1.54, 1.807) is 50.7 Å². The Balaban J connectivity index is 1.50. The number of carbonyl (C=O) groups is 1. The number of hydrogen-bond donors (Lipinski definition) is 2. The van der Waals surface area contributed by atoms with Gasteiger partial charge in [-0.3, -0.25) is 9.59 Å². The molecule has 1 fully saturated rings. The van der Waals surface area contributed by atoms with Gasteiger partial charge in [0.05, 0.1) is 23.0 Å². The molecule has 1 unspecified atom stereocenters. The van der Waals surface area contributed by atoms with Crippen molar-refractivity contribution in [3.63, 3.8) is 0 Å². The number of amides is 1. The lowest BCUT2D eigenvalue weighted by Crippen LogP contribution is -2.36. The van der Waals surface area contributed by atoms with Crippen molar-refractivity contribution in [2.75, 3.05) is 26.9 Å². The highest BCUT2D eigenvalue weighted by Gasteiger charge is 2.50. The number of pyridine rings is 2. The first kappa shape index (κ1) is 25.5. The van der Waals surface area contributed by atoms with Gasteiger partial charge in [-0.05, 0) is 42.7 Å². The van der Waals surface area contributed by atoms with Crippen molar-refractivity contribution >= 4 is 27.8 Å². The number of hydrogen-bond acceptors (Lipinski definition) is 7. The fraction of sp³-hybridized carbons (Fsp3) is 0.360. The maximum Gasteiger partial charge on any atom is 0.263 e. The van der Waals surface area contributed by atoms with Gasteiger partial charge in [-0.25, -0.2) is 13.9 Å². The van der Waals surface area contributed by atoms with E-state index in [9.17, 15) is 13.8 Å². The third-order valence-corrected chi connectivity index (χ3v) is 7.86. The molecule has 0 spiro atoms. The average Bonchev–Trinajstić information content (AvgIpc) is 3.69. The van der Waals surface area contributed by atoms with Gasteiger partial charge in [-0.1, -0.05) is 12.1 Å². The van der Waals surface area contributed by atoms with Crippen LogP contribution < -0.4 is 20.3 Å². The first-order valence-electron chi connectivity index (χ1n) is 11.4. The summed E-state index contributed by atoms with van der Waals surface area (Å²) < 4.78 is 27.4. The highest BCUT2D eigenvalue weighted by atomic mass is 32.2. The summed E-state index contributed by atoms with van der Waals surface area (Å²) in [6, 6.07) is 12.1. The number of rotatable bonds is 11. The largest absolute Gasteiger partial charge is 0.475 e. The van der Waals surface area contributed by atoms with Crippen LogP contribution in [0.3, 0.4) is 0 Å². The maximum absolute atomic E-state index is 13.1. The molecule has 3 aromatic rings. The van der Waals surface area contributed by atoms with Gasteiger partial charge >= 0.3 is 0 Å². The number of nitrogens with one attached hydrogen (secondary N) is 2. The van der Waals surface area contributed by atoms with Crippen LogP contribution in [-0.2, 0) is 29.3 Å². The minimum Gasteiger partial charge on any atom is -0.475 e. The number of nitrogens with zero attached hydrogens (tertiary/aromatic N) is 3. The first-order chi connectivity index (χ1) is 17.4. The van der Waals surface area contributed by atoms with Crippen molar-refractivity contribution in [2.24, 2.45) is 7.05 Å². The van der Waals surface area contributed by atoms with Crippen molar-refractivity contribution in [2.45, 2.75) is 24.1 Å². The van der Waals surface area contributed by atoms with E-state index in [2.05, 4.69) is 15.0 Å². The fourth-order valence-electron chi connectivity index (χ4n) is 3.76. The molecule has 4 rings (SSSR count). The second-order valence-corrected chi connectivity index (χ2v) is 10.3. The molecule has 11 heteroatoms. The molecule has 188 valence electrons. The number of fused-ring (bicyclic) bond motifs is 1. The predicted molar refractivity (Wildman–Crippen MR) is 135 cm³/mol. The van der Waals surface area contributed by atoms with E-state index in [1.807, 2.05) is 6.07 Å². The molecule has 1 amide bonds. The van der Waals surface area contributed by atoms with Gasteiger partial charge in [-0.15, -0.1) is 0 Å². The van der Waals surface area contributed by atoms with Crippen molar-refractivity contribution in [1.29, 1.82) is 5.26 Å². The van der Waals surface area contributed by atoms with Gasteiger partial charge in [0.1, 0.15) is 28.7 Å². The lowest BCUT2D eigenvalue weighted by Gasteiger charge is -2.18. The molecule has 2 heterocycles. The number of nitriles is 1. The molecule has 1 saturated carbocycles. The summed E-state index contributed by atoms with van der Waals surface area (Å²) in [4.78, 5) is 30.2. The van der Waals surface area contributed by atoms with E-state index in [4.69, 9.17) is 14.7 Å². The van der Waals surface area contributed by atoms with Crippen LogP contribution in [0.2, 0.25) is 0 Å². The normalized spacial score (nSPS) is 14.7. The van der Waals surface area contributed by atoms with Crippen LogP contribution in [0.1, 0.15) is 34.3 Å². The Kier molecular flexibility index (Phi) is 7.79. The predicted octanol–water partition coefficient (Wildman–Crippen LogP) is 1.55. The highest BCUT2D eigenvalue weighted by molar-refractivity contribution is 7.84. The molecule has 0 radical (unpaired) electrons. The first-order valence-corrected chi connectivity index (χ1v) is 12.6. The van der Waals surface area contributed by atoms with E-state index in [0.29, 0.717) is 29.6 Å². The quantitative estimate of drug-likeness (QED) is 0.374. The highest BCUT2D eigenvalue weighted by Crippen LogP contribution is 2.41. The summed E-state index contributed by atoms with van der Waals surface area (Å²) in [5.41, 5.74) is 1.31. The number of aromatic nitrogens is 2. The third kappa shape index (κ3) is 5.46. The minimum absolute atomic E-state index is 0.00194. The Morgan fingerprint density at radius 1 is 1.28 bits per heavy atom. The zero-order chi connectivity index (χ0) is 25.7. The lowest BCUT2D eigenvalue weighted by atomic mass is 10.1. The summed E-state index contributed by atoms with van der Waals surface area (Å²) >= 11 is 0. The summed E-state index contributed by atoms with van der Waals surface area (Å²) in [5, 5.41) is 12.3. The SMILES string of the molecule is COCCNS(=O)C1(COc2nccc3cc(C(=O)NCc4ccc(C#N)cc4)c(=O)n(C)c23)CC1. The number of aryl methyl sites for hydroxylation is 1. The number of carbonyl (C=O) groups excluding carboxylic acids is 1. The number of ether oxygens (including phenoxy) is 2. The monoisotopic (exact) mass is 509 g/mol. The lowest BCUT2D eigenvalue weighted by molar-refractivity contribution is 0.0949. The molecular weight excluding hydrogens is 482 g/mol. The van der Waals surface area contributed by atoms with E-state index in [1.165, 1.54) is 10.6 Å². The van der Waals surface area contributed by atoms with Crippen LogP contribution in [0, 0.1) is 11.3 Å². The molecule has 0 bridgehead atoms. The molecule has 10 nitrogen and oxygen atoms in total. The van der Waals surface area contributed by atoms with Crippen molar-refractivity contribution in [3.8, 4) is 11.9 Å². The summed E-state index contributed by atoms with van der Waals surface area (Å²) in [5.74, 6) is -0.257. The third-order valence-electron chi connectivity index (χ3n) is 6.09. The van der Waals surface area contributed by atoms with Gasteiger partial charge in [0.25, 0.3) is 11.5 Å². The molecular formula is C25H27N5O5S. The van der Waals surface area contributed by atoms with E-state index >= 15 is 0 Å². The Hall–Kier alpha value is -3.59. The second-order valence-electron chi connectivity index (χ2n) is 8.60. The second kappa shape index (κ2) is 11.0. The van der Waals surface area contributed by atoms with Gasteiger partial charge in [-0.2, -0.15) is 5.26 Å². The molecule has 1 aliphatic carbocycles. The number of methoxy groups -OCH3 is 1. The Labute approximate surface area is 210 Å². The molecule has 1 aromatic carbocycles. The zero-order valence-corrected chi connectivity index (χ0v) is 20.9. The van der Waals surface area contributed by atoms with Gasteiger partial charge < -0.3 is 19.4 Å². The Morgan fingerprint density at radius 2 is 2.03 bits per heavy atom. The fourth-order valence-corrected chi connectivity index (χ4v) is 4.97. The minimum atomic E-state index is -1.29. The summed E-state index contributed by atoms with van der Waals surface area (Å²) in [7, 11) is 1.86. The van der Waals surface area contributed by atoms with E-state index < -0.39 is 27.2 Å². The molecule has 0 saturated heterocycles. The molecule has 2 aromatic heterocycles. The van der Waals surface area contributed by atoms with Crippen LogP contribution in [0.5, 0.6) is 5.88 Å². The van der Waals surface area contributed by atoms with Crippen LogP contribution >= 0.6 is 0 Å². The molecule has 36 heavy (non-hydrogen) atoms. The van der Waals surface area contributed by atoms with Crippen molar-refractivity contribution < 1.29 is 18.5 Å². The number of benzene rings is 1. The maximum atomic E-state index is 13.1. The van der Waals surface area contributed by atoms with Gasteiger partial charge in [0, 0.05) is 38.8 Å². The smallest absolute Gasteiger partial charge is 0.263 e. The standard InChI is InChI=1S/C25H27N5O5S/c1-30-21-19(7-10-27-23(21)35-16-25(8-9-25)36(33)29-11-12-34-2)13-20(24(30)32)22(31)28-15-18-5-3-17(14-26)4-6-18/h3-7,10,13,29H,8-9,11-12,15-16H2,1-2H3,(H,28,31). The zero-order valence-electron chi connectivity index (χ0n) is 20.1. The van der Waals surface area contributed by atoms with Crippen LogP contribution in [0.4, 0.5) is 0 Å². The summed E-state index contributed by atoms with van der Waals surface area (Å²) in [6.07, 6.45) is 3.06. The van der Waals surface area contributed by atoms with Gasteiger partial charge in [0.2, 0.25) is 5.88 Å². The molecule has 2 N–H and O–H groups in total.